The van der Waals surface area contributed by atoms with Crippen molar-refractivity contribution in [1.29, 1.82) is 5.26 Å². The van der Waals surface area contributed by atoms with E-state index in [1.165, 1.54) is 11.9 Å². The number of nitriles is 1. The fourth-order valence-corrected chi connectivity index (χ4v) is 1.29. The molecule has 0 aromatic heterocycles. The Bertz CT molecular complexity index is 310. The molecule has 0 aliphatic carbocycles. The zero-order chi connectivity index (χ0) is 14.3. The monoisotopic (exact) mass is 265 g/mol. The van der Waals surface area contributed by atoms with Crippen LogP contribution >= 0.6 is 0 Å². The number of amides is 1. The van der Waals surface area contributed by atoms with Gasteiger partial charge in [0, 0.05) is 19.6 Å². The van der Waals surface area contributed by atoms with Crippen molar-refractivity contribution in [2.45, 2.75) is 32.5 Å². The second-order valence-corrected chi connectivity index (χ2v) is 4.34. The molecule has 0 bridgehead atoms. The number of rotatable bonds is 6. The summed E-state index contributed by atoms with van der Waals surface area (Å²) in [6.07, 6.45) is -4.15. The summed E-state index contributed by atoms with van der Waals surface area (Å²) in [5.74, 6) is -0.414. The first-order valence-electron chi connectivity index (χ1n) is 5.59. The van der Waals surface area contributed by atoms with Crippen LogP contribution < -0.4 is 0 Å². The van der Waals surface area contributed by atoms with Crippen molar-refractivity contribution in [2.24, 2.45) is 0 Å². The number of hydrogen-bond acceptors (Lipinski definition) is 3. The minimum atomic E-state index is -4.32. The highest BCUT2D eigenvalue weighted by molar-refractivity contribution is 5.78. The third-order valence-corrected chi connectivity index (χ3v) is 2.44. The molecule has 0 atom stereocenters. The van der Waals surface area contributed by atoms with E-state index in [-0.39, 0.29) is 25.6 Å². The average Bonchev–Trinajstić information content (AvgIpc) is 2.22. The van der Waals surface area contributed by atoms with Gasteiger partial charge in [0.05, 0.1) is 25.6 Å². The Morgan fingerprint density at radius 2 is 1.94 bits per heavy atom. The maximum Gasteiger partial charge on any atom is 0.401 e. The van der Waals surface area contributed by atoms with Crippen molar-refractivity contribution in [1.82, 2.24) is 9.80 Å². The van der Waals surface area contributed by atoms with E-state index in [2.05, 4.69) is 0 Å². The Hall–Kier alpha value is -1.29. The van der Waals surface area contributed by atoms with Crippen LogP contribution in [0.2, 0.25) is 0 Å². The van der Waals surface area contributed by atoms with Crippen molar-refractivity contribution >= 4 is 5.91 Å². The Morgan fingerprint density at radius 3 is 2.33 bits per heavy atom. The van der Waals surface area contributed by atoms with E-state index in [9.17, 15) is 18.0 Å². The molecule has 18 heavy (non-hydrogen) atoms. The van der Waals surface area contributed by atoms with Gasteiger partial charge in [-0.05, 0) is 13.8 Å². The molecule has 0 saturated carbocycles. The molecule has 7 heteroatoms. The minimum absolute atomic E-state index is 0.170. The highest BCUT2D eigenvalue weighted by Crippen LogP contribution is 2.17. The highest BCUT2D eigenvalue weighted by Gasteiger charge is 2.32. The molecule has 0 unspecified atom stereocenters. The molecule has 4 nitrogen and oxygen atoms in total. The molecule has 0 fully saturated rings. The first-order valence-corrected chi connectivity index (χ1v) is 5.59. The SMILES string of the molecule is CC(C)N(CC(=O)N(C)CCC#N)CC(F)(F)F. The van der Waals surface area contributed by atoms with Crippen LogP contribution in [-0.4, -0.2) is 54.6 Å². The maximum absolute atomic E-state index is 12.3. The van der Waals surface area contributed by atoms with Gasteiger partial charge in [-0.3, -0.25) is 9.69 Å². The summed E-state index contributed by atoms with van der Waals surface area (Å²) in [6.45, 7) is 2.04. The summed E-state index contributed by atoms with van der Waals surface area (Å²) < 4.78 is 36.9. The van der Waals surface area contributed by atoms with Gasteiger partial charge in [-0.25, -0.2) is 0 Å². The van der Waals surface area contributed by atoms with E-state index in [1.54, 1.807) is 13.8 Å². The minimum Gasteiger partial charge on any atom is -0.344 e. The first-order chi connectivity index (χ1) is 8.17. The standard InChI is InChI=1S/C11H18F3N3O/c1-9(2)17(8-11(12,13)14)7-10(18)16(3)6-4-5-15/h9H,4,6-8H2,1-3H3. The third kappa shape index (κ3) is 7.12. The molecule has 0 heterocycles. The van der Waals surface area contributed by atoms with Gasteiger partial charge in [0.15, 0.2) is 0 Å². The predicted octanol–water partition coefficient (Wildman–Crippen LogP) is 1.63. The Balaban J connectivity index is 4.42. The first kappa shape index (κ1) is 16.7. The van der Waals surface area contributed by atoms with Crippen molar-refractivity contribution in [3.05, 3.63) is 0 Å². The van der Waals surface area contributed by atoms with Crippen LogP contribution in [0.25, 0.3) is 0 Å². The third-order valence-electron chi connectivity index (χ3n) is 2.44. The molecule has 104 valence electrons. The maximum atomic E-state index is 12.3. The number of halogens is 3. The van der Waals surface area contributed by atoms with Crippen molar-refractivity contribution in [3.8, 4) is 6.07 Å². The largest absolute Gasteiger partial charge is 0.401 e. The summed E-state index contributed by atoms with van der Waals surface area (Å²) in [7, 11) is 1.48. The smallest absolute Gasteiger partial charge is 0.344 e. The summed E-state index contributed by atoms with van der Waals surface area (Å²) in [6, 6.07) is 1.51. The van der Waals surface area contributed by atoms with Crippen LogP contribution in [0.4, 0.5) is 13.2 Å². The summed E-state index contributed by atoms with van der Waals surface area (Å²) in [5, 5.41) is 8.37. The lowest BCUT2D eigenvalue weighted by molar-refractivity contribution is -0.154. The number of alkyl halides is 3. The number of hydrogen-bond donors (Lipinski definition) is 0. The number of carbonyl (C=O) groups excluding carboxylic acids is 1. The molecule has 0 radical (unpaired) electrons. The summed E-state index contributed by atoms with van der Waals surface area (Å²) in [4.78, 5) is 14.0. The van der Waals surface area contributed by atoms with Crippen LogP contribution in [-0.2, 0) is 4.79 Å². The van der Waals surface area contributed by atoms with Crippen molar-refractivity contribution < 1.29 is 18.0 Å². The lowest BCUT2D eigenvalue weighted by Gasteiger charge is -2.28. The lowest BCUT2D eigenvalue weighted by atomic mass is 10.3. The van der Waals surface area contributed by atoms with E-state index < -0.39 is 18.6 Å². The zero-order valence-electron chi connectivity index (χ0n) is 10.8. The molecule has 0 spiro atoms. The predicted molar refractivity (Wildman–Crippen MR) is 60.6 cm³/mol. The van der Waals surface area contributed by atoms with Gasteiger partial charge < -0.3 is 4.90 Å². The van der Waals surface area contributed by atoms with Crippen LogP contribution in [0.3, 0.4) is 0 Å². The Labute approximate surface area is 105 Å². The van der Waals surface area contributed by atoms with Crippen molar-refractivity contribution in [3.63, 3.8) is 0 Å². The molecule has 0 aliphatic heterocycles. The molecule has 0 N–H and O–H groups in total. The van der Waals surface area contributed by atoms with Gasteiger partial charge in [0.25, 0.3) is 0 Å². The average molecular weight is 265 g/mol. The number of likely N-dealkylation sites (N-methyl/N-ethyl adjacent to an activating group) is 1. The molecular weight excluding hydrogens is 247 g/mol. The summed E-state index contributed by atoms with van der Waals surface area (Å²) in [5.41, 5.74) is 0. The second-order valence-electron chi connectivity index (χ2n) is 4.34. The number of nitrogens with zero attached hydrogens (tertiary/aromatic N) is 3. The zero-order valence-corrected chi connectivity index (χ0v) is 10.8. The number of carbonyl (C=O) groups is 1. The van der Waals surface area contributed by atoms with E-state index in [0.717, 1.165) is 4.90 Å². The molecule has 0 rings (SSSR count). The van der Waals surface area contributed by atoms with Gasteiger partial charge in [-0.2, -0.15) is 18.4 Å². The molecule has 0 aliphatic rings. The fourth-order valence-electron chi connectivity index (χ4n) is 1.29. The topological polar surface area (TPSA) is 47.3 Å². The lowest BCUT2D eigenvalue weighted by Crippen LogP contribution is -2.45. The Kier molecular flexibility index (Phi) is 6.70. The molecular formula is C11H18F3N3O. The van der Waals surface area contributed by atoms with Crippen LogP contribution in [0.5, 0.6) is 0 Å². The molecule has 0 saturated heterocycles. The molecule has 0 aromatic rings. The van der Waals surface area contributed by atoms with Crippen molar-refractivity contribution in [2.75, 3.05) is 26.7 Å². The fraction of sp³-hybridized carbons (Fsp3) is 0.818. The van der Waals surface area contributed by atoms with Gasteiger partial charge >= 0.3 is 6.18 Å². The van der Waals surface area contributed by atoms with Gasteiger partial charge in [-0.15, -0.1) is 0 Å². The van der Waals surface area contributed by atoms with Gasteiger partial charge in [0.1, 0.15) is 0 Å². The molecule has 1 amide bonds. The second kappa shape index (κ2) is 7.21. The Morgan fingerprint density at radius 1 is 1.39 bits per heavy atom. The highest BCUT2D eigenvalue weighted by atomic mass is 19.4. The van der Waals surface area contributed by atoms with Gasteiger partial charge in [0.2, 0.25) is 5.91 Å². The molecule has 0 aromatic carbocycles. The van der Waals surface area contributed by atoms with E-state index >= 15 is 0 Å². The van der Waals surface area contributed by atoms with Crippen LogP contribution in [0.1, 0.15) is 20.3 Å². The van der Waals surface area contributed by atoms with Gasteiger partial charge in [-0.1, -0.05) is 0 Å². The quantitative estimate of drug-likeness (QED) is 0.733. The van der Waals surface area contributed by atoms with Crippen LogP contribution in [0.15, 0.2) is 0 Å². The van der Waals surface area contributed by atoms with E-state index in [0.29, 0.717) is 0 Å². The summed E-state index contributed by atoms with van der Waals surface area (Å²) >= 11 is 0. The normalized spacial score (nSPS) is 11.7. The van der Waals surface area contributed by atoms with Crippen LogP contribution in [0, 0.1) is 11.3 Å². The van der Waals surface area contributed by atoms with E-state index in [4.69, 9.17) is 5.26 Å². The van der Waals surface area contributed by atoms with E-state index in [1.807, 2.05) is 6.07 Å².